The molecule has 0 unspecified atom stereocenters. The zero-order chi connectivity index (χ0) is 17.1. The maximum Gasteiger partial charge on any atom is 0.269 e. The van der Waals surface area contributed by atoms with Gasteiger partial charge in [0, 0.05) is 28.8 Å². The highest BCUT2D eigenvalue weighted by molar-refractivity contribution is 6.30. The van der Waals surface area contributed by atoms with Crippen molar-refractivity contribution < 1.29 is 4.92 Å². The van der Waals surface area contributed by atoms with E-state index in [1.165, 1.54) is 22.9 Å². The Balaban J connectivity index is 1.95. The lowest BCUT2D eigenvalue weighted by Crippen LogP contribution is -2.22. The van der Waals surface area contributed by atoms with Crippen LogP contribution in [0, 0.1) is 10.1 Å². The number of nitro benzene ring substituents is 1. The molecule has 0 bridgehead atoms. The Bertz CT molecular complexity index is 952. The second kappa shape index (κ2) is 6.64. The normalized spacial score (nSPS) is 10.5. The third-order valence-corrected chi connectivity index (χ3v) is 3.71. The fraction of sp³-hybridized carbons (Fsp3) is 0.0588. The Hall–Kier alpha value is -2.99. The van der Waals surface area contributed by atoms with Crippen molar-refractivity contribution in [1.29, 1.82) is 0 Å². The summed E-state index contributed by atoms with van der Waals surface area (Å²) in [6.45, 7) is 0.155. The number of hydrogen-bond donors (Lipinski definition) is 0. The van der Waals surface area contributed by atoms with E-state index in [-0.39, 0.29) is 17.8 Å². The van der Waals surface area contributed by atoms with E-state index in [2.05, 4.69) is 5.10 Å². The Labute approximate surface area is 142 Å². The quantitative estimate of drug-likeness (QED) is 0.537. The molecule has 7 heteroatoms. The lowest BCUT2D eigenvalue weighted by molar-refractivity contribution is -0.384. The first-order valence-corrected chi connectivity index (χ1v) is 7.48. The molecule has 0 radical (unpaired) electrons. The summed E-state index contributed by atoms with van der Waals surface area (Å²) >= 11 is 5.87. The molecule has 0 saturated carbocycles. The van der Waals surface area contributed by atoms with Gasteiger partial charge in [-0.25, -0.2) is 4.68 Å². The SMILES string of the molecule is O=c1ccc(-c2ccc(Cl)cc2)nn1Cc1cccc([N+](=O)[O-])c1. The average Bonchev–Trinajstić information content (AvgIpc) is 2.58. The van der Waals surface area contributed by atoms with Gasteiger partial charge in [-0.1, -0.05) is 35.9 Å². The Morgan fingerprint density at radius 3 is 2.54 bits per heavy atom. The topological polar surface area (TPSA) is 78.0 Å². The van der Waals surface area contributed by atoms with E-state index in [1.807, 2.05) is 12.1 Å². The molecule has 24 heavy (non-hydrogen) atoms. The van der Waals surface area contributed by atoms with Crippen LogP contribution in [0.1, 0.15) is 5.56 Å². The molecule has 2 aromatic carbocycles. The van der Waals surface area contributed by atoms with E-state index in [4.69, 9.17) is 11.6 Å². The van der Waals surface area contributed by atoms with Gasteiger partial charge in [0.25, 0.3) is 11.2 Å². The van der Waals surface area contributed by atoms with Crippen LogP contribution in [0.4, 0.5) is 5.69 Å². The molecule has 1 aromatic heterocycles. The number of halogens is 1. The van der Waals surface area contributed by atoms with E-state index < -0.39 is 4.92 Å². The molecule has 1 heterocycles. The molecule has 3 rings (SSSR count). The van der Waals surface area contributed by atoms with Crippen LogP contribution in [0.5, 0.6) is 0 Å². The molecule has 0 saturated heterocycles. The van der Waals surface area contributed by atoms with Crippen molar-refractivity contribution in [3.05, 3.63) is 91.7 Å². The van der Waals surface area contributed by atoms with Gasteiger partial charge in [-0.2, -0.15) is 5.10 Å². The van der Waals surface area contributed by atoms with E-state index in [9.17, 15) is 14.9 Å². The zero-order valence-electron chi connectivity index (χ0n) is 12.4. The van der Waals surface area contributed by atoms with Crippen LogP contribution in [0.15, 0.2) is 65.5 Å². The lowest BCUT2D eigenvalue weighted by Gasteiger charge is -2.07. The minimum absolute atomic E-state index is 0.0191. The van der Waals surface area contributed by atoms with Crippen LogP contribution >= 0.6 is 11.6 Å². The highest BCUT2D eigenvalue weighted by Gasteiger charge is 2.08. The maximum absolute atomic E-state index is 12.0. The predicted octanol–water partition coefficient (Wildman–Crippen LogP) is 3.52. The van der Waals surface area contributed by atoms with Crippen LogP contribution in [-0.4, -0.2) is 14.7 Å². The summed E-state index contributed by atoms with van der Waals surface area (Å²) in [7, 11) is 0. The second-order valence-corrected chi connectivity index (χ2v) is 5.58. The number of non-ortho nitro benzene ring substituents is 1. The molecule has 0 aliphatic rings. The fourth-order valence-electron chi connectivity index (χ4n) is 2.28. The van der Waals surface area contributed by atoms with Crippen LogP contribution in [0.3, 0.4) is 0 Å². The summed E-state index contributed by atoms with van der Waals surface area (Å²) in [6, 6.07) is 16.3. The highest BCUT2D eigenvalue weighted by Crippen LogP contribution is 2.19. The molecule has 0 amide bonds. The fourth-order valence-corrected chi connectivity index (χ4v) is 2.40. The molecule has 6 nitrogen and oxygen atoms in total. The van der Waals surface area contributed by atoms with Crippen molar-refractivity contribution in [2.75, 3.05) is 0 Å². The Kier molecular flexibility index (Phi) is 4.39. The molecule has 120 valence electrons. The zero-order valence-corrected chi connectivity index (χ0v) is 13.2. The summed E-state index contributed by atoms with van der Waals surface area (Å²) in [5.41, 5.74) is 1.78. The summed E-state index contributed by atoms with van der Waals surface area (Å²) in [5.74, 6) is 0. The molecule has 0 atom stereocenters. The van der Waals surface area contributed by atoms with E-state index in [0.717, 1.165) is 5.56 Å². The molecule has 0 spiro atoms. The third kappa shape index (κ3) is 3.49. The van der Waals surface area contributed by atoms with E-state index in [1.54, 1.807) is 30.3 Å². The third-order valence-electron chi connectivity index (χ3n) is 3.46. The first-order chi connectivity index (χ1) is 11.5. The Morgan fingerprint density at radius 1 is 1.08 bits per heavy atom. The van der Waals surface area contributed by atoms with Gasteiger partial charge in [0.15, 0.2) is 0 Å². The smallest absolute Gasteiger partial charge is 0.268 e. The van der Waals surface area contributed by atoms with Gasteiger partial charge in [0.2, 0.25) is 0 Å². The average molecular weight is 342 g/mol. The molecule has 0 aliphatic heterocycles. The second-order valence-electron chi connectivity index (χ2n) is 5.15. The number of aromatic nitrogens is 2. The number of hydrogen-bond acceptors (Lipinski definition) is 4. The van der Waals surface area contributed by atoms with Crippen molar-refractivity contribution in [3.63, 3.8) is 0 Å². The summed E-state index contributed by atoms with van der Waals surface area (Å²) in [4.78, 5) is 22.4. The van der Waals surface area contributed by atoms with Crippen molar-refractivity contribution in [2.45, 2.75) is 6.54 Å². The highest BCUT2D eigenvalue weighted by atomic mass is 35.5. The van der Waals surface area contributed by atoms with E-state index >= 15 is 0 Å². The lowest BCUT2D eigenvalue weighted by atomic mass is 10.1. The summed E-state index contributed by atoms with van der Waals surface area (Å²) in [5, 5.41) is 15.8. The first kappa shape index (κ1) is 15.9. The number of rotatable bonds is 4. The molecular formula is C17H12ClN3O3. The van der Waals surface area contributed by atoms with Gasteiger partial charge >= 0.3 is 0 Å². The van der Waals surface area contributed by atoms with Gasteiger partial charge in [-0.05, 0) is 23.8 Å². The largest absolute Gasteiger partial charge is 0.269 e. The van der Waals surface area contributed by atoms with Gasteiger partial charge in [0.05, 0.1) is 17.2 Å². The van der Waals surface area contributed by atoms with Gasteiger partial charge < -0.3 is 0 Å². The number of nitro groups is 1. The number of nitrogens with zero attached hydrogens (tertiary/aromatic N) is 3. The standard InChI is InChI=1S/C17H12ClN3O3/c18-14-6-4-13(5-7-14)16-8-9-17(22)20(19-16)11-12-2-1-3-15(10-12)21(23)24/h1-10H,11H2. The van der Waals surface area contributed by atoms with Crippen LogP contribution in [-0.2, 0) is 6.54 Å². The Morgan fingerprint density at radius 2 is 1.83 bits per heavy atom. The van der Waals surface area contributed by atoms with Crippen molar-refractivity contribution in [1.82, 2.24) is 9.78 Å². The molecule has 0 aliphatic carbocycles. The molecule has 0 fully saturated rings. The van der Waals surface area contributed by atoms with Crippen molar-refractivity contribution in [3.8, 4) is 11.3 Å². The number of benzene rings is 2. The monoisotopic (exact) mass is 341 g/mol. The first-order valence-electron chi connectivity index (χ1n) is 7.10. The summed E-state index contributed by atoms with van der Waals surface area (Å²) in [6.07, 6.45) is 0. The summed E-state index contributed by atoms with van der Waals surface area (Å²) < 4.78 is 1.28. The minimum atomic E-state index is -0.468. The van der Waals surface area contributed by atoms with Gasteiger partial charge in [-0.3, -0.25) is 14.9 Å². The van der Waals surface area contributed by atoms with Gasteiger partial charge in [-0.15, -0.1) is 0 Å². The maximum atomic E-state index is 12.0. The molecular weight excluding hydrogens is 330 g/mol. The van der Waals surface area contributed by atoms with Crippen LogP contribution in [0.2, 0.25) is 5.02 Å². The van der Waals surface area contributed by atoms with Crippen LogP contribution < -0.4 is 5.56 Å². The van der Waals surface area contributed by atoms with Crippen LogP contribution in [0.25, 0.3) is 11.3 Å². The minimum Gasteiger partial charge on any atom is -0.268 e. The van der Waals surface area contributed by atoms with Crippen molar-refractivity contribution >= 4 is 17.3 Å². The van der Waals surface area contributed by atoms with E-state index in [0.29, 0.717) is 16.3 Å². The van der Waals surface area contributed by atoms with Gasteiger partial charge in [0.1, 0.15) is 0 Å². The van der Waals surface area contributed by atoms with Crippen molar-refractivity contribution in [2.24, 2.45) is 0 Å². The molecule has 0 N–H and O–H groups in total. The predicted molar refractivity (Wildman–Crippen MR) is 91.1 cm³/mol. The molecule has 3 aromatic rings.